The Bertz CT molecular complexity index is 321. The average Bonchev–Trinajstić information content (AvgIpc) is 2.43. The zero-order valence-corrected chi connectivity index (χ0v) is 11.8. The Kier molecular flexibility index (Phi) is 7.35. The third kappa shape index (κ3) is 4.98. The van der Waals surface area contributed by atoms with Crippen LogP contribution in [-0.4, -0.2) is 36.9 Å². The van der Waals surface area contributed by atoms with Crippen LogP contribution in [0.25, 0.3) is 0 Å². The number of thioether (sulfide) groups is 1. The molecule has 0 aliphatic carbocycles. The van der Waals surface area contributed by atoms with Crippen molar-refractivity contribution in [2.75, 3.05) is 31.8 Å². The molecule has 0 bridgehead atoms. The molecule has 0 heterocycles. The van der Waals surface area contributed by atoms with E-state index in [2.05, 4.69) is 0 Å². The van der Waals surface area contributed by atoms with Crippen molar-refractivity contribution in [3.05, 3.63) is 35.9 Å². The van der Waals surface area contributed by atoms with E-state index in [0.717, 1.165) is 30.1 Å². The Morgan fingerprint density at radius 1 is 1.28 bits per heavy atom. The average molecular weight is 269 g/mol. The second-order valence-electron chi connectivity index (χ2n) is 4.31. The second-order valence-corrected chi connectivity index (χ2v) is 5.54. The van der Waals surface area contributed by atoms with Gasteiger partial charge in [-0.25, -0.2) is 0 Å². The summed E-state index contributed by atoms with van der Waals surface area (Å²) < 4.78 is 5.00. The molecular formula is C14H23NO2S. The number of nitrogens with two attached hydrogens (primary N) is 1. The van der Waals surface area contributed by atoms with Crippen molar-refractivity contribution < 1.29 is 9.84 Å². The van der Waals surface area contributed by atoms with Crippen molar-refractivity contribution >= 4 is 11.8 Å². The first kappa shape index (κ1) is 15.5. The van der Waals surface area contributed by atoms with E-state index in [9.17, 15) is 5.11 Å². The molecule has 0 aromatic heterocycles. The molecule has 0 fully saturated rings. The van der Waals surface area contributed by atoms with Gasteiger partial charge in [0.1, 0.15) is 5.60 Å². The summed E-state index contributed by atoms with van der Waals surface area (Å²) in [5.74, 6) is 1.97. The highest BCUT2D eigenvalue weighted by atomic mass is 32.2. The van der Waals surface area contributed by atoms with Crippen LogP contribution in [0, 0.1) is 0 Å². The van der Waals surface area contributed by atoms with E-state index in [4.69, 9.17) is 10.5 Å². The molecule has 3 nitrogen and oxygen atoms in total. The minimum Gasteiger partial charge on any atom is -0.385 e. The summed E-state index contributed by atoms with van der Waals surface area (Å²) in [6, 6.07) is 9.67. The van der Waals surface area contributed by atoms with Crippen LogP contribution in [0.5, 0.6) is 0 Å². The molecular weight excluding hydrogens is 246 g/mol. The first-order chi connectivity index (χ1) is 8.73. The van der Waals surface area contributed by atoms with Crippen molar-refractivity contribution in [2.24, 2.45) is 5.73 Å². The van der Waals surface area contributed by atoms with Crippen LogP contribution in [-0.2, 0) is 10.3 Å². The van der Waals surface area contributed by atoms with Crippen LogP contribution < -0.4 is 5.73 Å². The van der Waals surface area contributed by atoms with E-state index in [-0.39, 0.29) is 6.54 Å². The molecule has 4 heteroatoms. The first-order valence-corrected chi connectivity index (χ1v) is 7.43. The zero-order chi connectivity index (χ0) is 13.3. The van der Waals surface area contributed by atoms with E-state index in [0.29, 0.717) is 6.42 Å². The Morgan fingerprint density at radius 3 is 2.61 bits per heavy atom. The van der Waals surface area contributed by atoms with Crippen LogP contribution in [0.1, 0.15) is 18.4 Å². The molecule has 1 aromatic carbocycles. The van der Waals surface area contributed by atoms with Gasteiger partial charge in [-0.3, -0.25) is 0 Å². The molecule has 1 unspecified atom stereocenters. The fraction of sp³-hybridized carbons (Fsp3) is 0.571. The smallest absolute Gasteiger partial charge is 0.103 e. The Hall–Kier alpha value is -0.550. The minimum absolute atomic E-state index is 0.260. The number of ether oxygens (including phenoxy) is 1. The summed E-state index contributed by atoms with van der Waals surface area (Å²) in [6.07, 6.45) is 1.73. The fourth-order valence-corrected chi connectivity index (χ4v) is 2.77. The number of rotatable bonds is 9. The lowest BCUT2D eigenvalue weighted by molar-refractivity contribution is 0.0431. The van der Waals surface area contributed by atoms with Gasteiger partial charge in [0.15, 0.2) is 0 Å². The third-order valence-corrected chi connectivity index (χ3v) is 4.02. The summed E-state index contributed by atoms with van der Waals surface area (Å²) in [6.45, 7) is 1.06. The highest BCUT2D eigenvalue weighted by molar-refractivity contribution is 7.99. The van der Waals surface area contributed by atoms with Gasteiger partial charge in [-0.1, -0.05) is 30.3 Å². The van der Waals surface area contributed by atoms with Crippen LogP contribution in [0.2, 0.25) is 0 Å². The van der Waals surface area contributed by atoms with Gasteiger partial charge in [-0.15, -0.1) is 0 Å². The molecule has 3 N–H and O–H groups in total. The molecule has 1 rings (SSSR count). The Labute approximate surface area is 114 Å². The van der Waals surface area contributed by atoms with Crippen LogP contribution in [0.4, 0.5) is 0 Å². The first-order valence-electron chi connectivity index (χ1n) is 6.27. The van der Waals surface area contributed by atoms with Crippen molar-refractivity contribution in [1.29, 1.82) is 0 Å². The largest absolute Gasteiger partial charge is 0.385 e. The zero-order valence-electron chi connectivity index (χ0n) is 11.0. The van der Waals surface area contributed by atoms with Crippen LogP contribution >= 0.6 is 11.8 Å². The van der Waals surface area contributed by atoms with Crippen LogP contribution in [0.15, 0.2) is 30.3 Å². The van der Waals surface area contributed by atoms with Gasteiger partial charge in [-0.05, 0) is 29.9 Å². The predicted octanol–water partition coefficient (Wildman–Crippen LogP) is 1.99. The van der Waals surface area contributed by atoms with Gasteiger partial charge in [-0.2, -0.15) is 11.8 Å². The molecule has 0 aliphatic heterocycles. The summed E-state index contributed by atoms with van der Waals surface area (Å²) in [5, 5.41) is 10.5. The number of hydrogen-bond donors (Lipinski definition) is 2. The molecule has 0 saturated carbocycles. The number of benzene rings is 1. The number of hydrogen-bond acceptors (Lipinski definition) is 4. The van der Waals surface area contributed by atoms with Gasteiger partial charge < -0.3 is 15.6 Å². The fourth-order valence-electron chi connectivity index (χ4n) is 1.76. The van der Waals surface area contributed by atoms with Gasteiger partial charge in [0.25, 0.3) is 0 Å². The summed E-state index contributed by atoms with van der Waals surface area (Å²) >= 11 is 1.83. The molecule has 18 heavy (non-hydrogen) atoms. The highest BCUT2D eigenvalue weighted by Gasteiger charge is 2.26. The molecule has 0 amide bonds. The van der Waals surface area contributed by atoms with E-state index in [1.807, 2.05) is 42.1 Å². The highest BCUT2D eigenvalue weighted by Crippen LogP contribution is 2.25. The van der Waals surface area contributed by atoms with Crippen molar-refractivity contribution in [1.82, 2.24) is 0 Å². The topological polar surface area (TPSA) is 55.5 Å². The third-order valence-electron chi connectivity index (χ3n) is 2.95. The van der Waals surface area contributed by atoms with Crippen LogP contribution in [0.3, 0.4) is 0 Å². The van der Waals surface area contributed by atoms with Crippen molar-refractivity contribution in [3.63, 3.8) is 0 Å². The lowest BCUT2D eigenvalue weighted by Gasteiger charge is -2.27. The quantitative estimate of drug-likeness (QED) is 0.673. The van der Waals surface area contributed by atoms with Crippen molar-refractivity contribution in [3.8, 4) is 0 Å². The van der Waals surface area contributed by atoms with Gasteiger partial charge in [0.05, 0.1) is 0 Å². The van der Waals surface area contributed by atoms with Gasteiger partial charge >= 0.3 is 0 Å². The maximum Gasteiger partial charge on any atom is 0.103 e. The minimum atomic E-state index is -0.893. The molecule has 0 spiro atoms. The number of aliphatic hydroxyl groups is 1. The van der Waals surface area contributed by atoms with Crippen molar-refractivity contribution in [2.45, 2.75) is 18.4 Å². The monoisotopic (exact) mass is 269 g/mol. The van der Waals surface area contributed by atoms with Gasteiger partial charge in [0, 0.05) is 20.3 Å². The lowest BCUT2D eigenvalue weighted by atomic mass is 9.91. The SMILES string of the molecule is COCCCSCCC(O)(CN)c1ccccc1. The molecule has 0 saturated heterocycles. The molecule has 102 valence electrons. The van der Waals surface area contributed by atoms with E-state index >= 15 is 0 Å². The Balaban J connectivity index is 2.37. The maximum absolute atomic E-state index is 10.5. The molecule has 0 aliphatic rings. The summed E-state index contributed by atoms with van der Waals surface area (Å²) in [4.78, 5) is 0. The lowest BCUT2D eigenvalue weighted by Crippen LogP contribution is -2.35. The molecule has 1 aromatic rings. The van der Waals surface area contributed by atoms with Gasteiger partial charge in [0.2, 0.25) is 0 Å². The van der Waals surface area contributed by atoms with E-state index < -0.39 is 5.60 Å². The maximum atomic E-state index is 10.5. The second kappa shape index (κ2) is 8.53. The van der Waals surface area contributed by atoms with E-state index in [1.54, 1.807) is 7.11 Å². The summed E-state index contributed by atoms with van der Waals surface area (Å²) in [5.41, 5.74) is 5.74. The summed E-state index contributed by atoms with van der Waals surface area (Å²) in [7, 11) is 1.72. The predicted molar refractivity (Wildman–Crippen MR) is 77.8 cm³/mol. The normalized spacial score (nSPS) is 14.4. The molecule has 1 atom stereocenters. The molecule has 0 radical (unpaired) electrons. The Morgan fingerprint density at radius 2 is 2.00 bits per heavy atom. The standard InChI is InChI=1S/C14H23NO2S/c1-17-9-5-10-18-11-8-14(16,12-15)13-6-3-2-4-7-13/h2-4,6-7,16H,5,8-12,15H2,1H3. The van der Waals surface area contributed by atoms with E-state index in [1.165, 1.54) is 0 Å². The number of methoxy groups -OCH3 is 1.